The molecule has 0 saturated carbocycles. The summed E-state index contributed by atoms with van der Waals surface area (Å²) in [6.45, 7) is 1.11. The molecule has 0 spiro atoms. The molecule has 0 aromatic carbocycles. The minimum absolute atomic E-state index is 0.338. The van der Waals surface area contributed by atoms with Gasteiger partial charge in [0, 0.05) is 0 Å². The van der Waals surface area contributed by atoms with Crippen LogP contribution in [0.25, 0.3) is 0 Å². The van der Waals surface area contributed by atoms with E-state index in [-0.39, 0.29) is 6.61 Å². The molecular weight excluding hydrogens is 434 g/mol. The topological polar surface area (TPSA) is 169 Å². The van der Waals surface area contributed by atoms with Gasteiger partial charge in [-0.1, -0.05) is 36.0 Å². The summed E-state index contributed by atoms with van der Waals surface area (Å²) in [4.78, 5) is 12.4. The third kappa shape index (κ3) is 8.58. The van der Waals surface area contributed by atoms with E-state index in [1.807, 2.05) is 0 Å². The van der Waals surface area contributed by atoms with E-state index in [0.29, 0.717) is 12.8 Å². The second-order valence-electron chi connectivity index (χ2n) is 8.46. The summed E-state index contributed by atoms with van der Waals surface area (Å²) in [7, 11) is 0. The first-order valence-electron chi connectivity index (χ1n) is 11.3. The summed E-state index contributed by atoms with van der Waals surface area (Å²) in [6.07, 6.45) is 2.70. The number of amides is 1. The molecule has 0 radical (unpaired) electrons. The van der Waals surface area contributed by atoms with Crippen LogP contribution in [-0.4, -0.2) is 98.7 Å². The maximum absolute atomic E-state index is 12.4. The molecule has 1 amide bonds. The van der Waals surface area contributed by atoms with Crippen molar-refractivity contribution in [3.63, 3.8) is 0 Å². The fraction of sp³-hybridized carbons (Fsp3) is 0.696. The van der Waals surface area contributed by atoms with Gasteiger partial charge in [-0.25, -0.2) is 0 Å². The molecule has 7 N–H and O–H groups in total. The molecule has 0 aromatic rings. The van der Waals surface area contributed by atoms with Crippen LogP contribution in [0.4, 0.5) is 0 Å². The fourth-order valence-corrected chi connectivity index (χ4v) is 3.61. The molecule has 0 aromatic heterocycles. The molecule has 10 nitrogen and oxygen atoms in total. The standard InChI is InChI=1S/C23H37NO9/c1-14-8-4-2-6-10-16(26)15(24-22(31)17(27)11-7-3-5-9-14)13-32-23-21(30)20(29)19(28)18(12-25)33-23/h6-8,10-11,15-21,23,25-30H,2-5,9,12-13H2,1H3,(H,24,31)/b10-6+,11-7+,14-8+/t15-,16-,17+,18+,19+,20-,21+,23+/m0/s1. The van der Waals surface area contributed by atoms with Gasteiger partial charge >= 0.3 is 0 Å². The van der Waals surface area contributed by atoms with Gasteiger partial charge in [0.15, 0.2) is 12.4 Å². The zero-order chi connectivity index (χ0) is 24.4. The van der Waals surface area contributed by atoms with Crippen molar-refractivity contribution < 1.29 is 44.9 Å². The Morgan fingerprint density at radius 1 is 1.03 bits per heavy atom. The van der Waals surface area contributed by atoms with Gasteiger partial charge in [0.05, 0.1) is 25.4 Å². The Bertz CT molecular complexity index is 693. The van der Waals surface area contributed by atoms with Crippen molar-refractivity contribution in [1.29, 1.82) is 0 Å². The van der Waals surface area contributed by atoms with Crippen LogP contribution in [0.2, 0.25) is 0 Å². The van der Waals surface area contributed by atoms with E-state index >= 15 is 0 Å². The van der Waals surface area contributed by atoms with Crippen molar-refractivity contribution in [2.45, 2.75) is 88.0 Å². The number of aliphatic hydroxyl groups excluding tert-OH is 6. The zero-order valence-electron chi connectivity index (χ0n) is 18.9. The van der Waals surface area contributed by atoms with E-state index < -0.39 is 61.5 Å². The maximum atomic E-state index is 12.4. The van der Waals surface area contributed by atoms with Gasteiger partial charge < -0.3 is 45.4 Å². The number of allylic oxidation sites excluding steroid dienone is 4. The Balaban J connectivity index is 2.10. The van der Waals surface area contributed by atoms with Gasteiger partial charge in [-0.15, -0.1) is 0 Å². The Labute approximate surface area is 193 Å². The Hall–Kier alpha value is -1.63. The van der Waals surface area contributed by atoms with Crippen molar-refractivity contribution in [2.75, 3.05) is 13.2 Å². The molecule has 2 aliphatic heterocycles. The largest absolute Gasteiger partial charge is 0.394 e. The van der Waals surface area contributed by atoms with E-state index in [1.165, 1.54) is 17.7 Å². The molecule has 1 saturated heterocycles. The molecule has 0 aliphatic carbocycles. The highest BCUT2D eigenvalue weighted by atomic mass is 16.7. The average molecular weight is 472 g/mol. The number of aliphatic hydroxyl groups is 6. The minimum atomic E-state index is -1.61. The van der Waals surface area contributed by atoms with E-state index in [1.54, 1.807) is 12.2 Å². The molecule has 2 heterocycles. The lowest BCUT2D eigenvalue weighted by Gasteiger charge is -2.40. The summed E-state index contributed by atoms with van der Waals surface area (Å²) in [5, 5.41) is 62.5. The number of carbonyl (C=O) groups excluding carboxylic acids is 1. The van der Waals surface area contributed by atoms with Crippen molar-refractivity contribution in [3.05, 3.63) is 36.0 Å². The van der Waals surface area contributed by atoms with Crippen molar-refractivity contribution in [1.82, 2.24) is 5.32 Å². The Morgan fingerprint density at radius 2 is 1.76 bits per heavy atom. The molecule has 188 valence electrons. The van der Waals surface area contributed by atoms with Crippen LogP contribution >= 0.6 is 0 Å². The van der Waals surface area contributed by atoms with Gasteiger partial charge in [0.1, 0.15) is 24.4 Å². The Kier molecular flexibility index (Phi) is 11.7. The van der Waals surface area contributed by atoms with E-state index in [2.05, 4.69) is 18.3 Å². The fourth-order valence-electron chi connectivity index (χ4n) is 3.61. The third-order valence-electron chi connectivity index (χ3n) is 5.72. The first-order chi connectivity index (χ1) is 15.7. The molecule has 10 heteroatoms. The van der Waals surface area contributed by atoms with Crippen LogP contribution in [0.3, 0.4) is 0 Å². The van der Waals surface area contributed by atoms with Crippen molar-refractivity contribution in [2.24, 2.45) is 0 Å². The molecule has 0 unspecified atom stereocenters. The molecule has 0 bridgehead atoms. The number of nitrogens with one attached hydrogen (secondary N) is 1. The Morgan fingerprint density at radius 3 is 2.48 bits per heavy atom. The van der Waals surface area contributed by atoms with Crippen LogP contribution in [0, 0.1) is 0 Å². The zero-order valence-corrected chi connectivity index (χ0v) is 18.9. The lowest BCUT2D eigenvalue weighted by molar-refractivity contribution is -0.302. The van der Waals surface area contributed by atoms with Crippen molar-refractivity contribution in [3.8, 4) is 0 Å². The van der Waals surface area contributed by atoms with Crippen LogP contribution in [0.1, 0.15) is 39.0 Å². The molecule has 1 fully saturated rings. The third-order valence-corrected chi connectivity index (χ3v) is 5.72. The van der Waals surface area contributed by atoms with Crippen LogP contribution in [0.15, 0.2) is 36.0 Å². The number of hydrogen-bond donors (Lipinski definition) is 7. The summed E-state index contributed by atoms with van der Waals surface area (Å²) in [6, 6.07) is -1.01. The minimum Gasteiger partial charge on any atom is -0.394 e. The SMILES string of the molecule is C/C1=C\CC/C=C/[C@H](O)[C@H](CO[C@@H]2O[C@H](CO)[C@@H](O)[C@H](O)[C@H]2O)NC(=O)[C@H](O)/C=C/CCC1. The molecule has 2 aliphatic rings. The lowest BCUT2D eigenvalue weighted by Crippen LogP contribution is -2.60. The average Bonchev–Trinajstić information content (AvgIpc) is 2.79. The maximum Gasteiger partial charge on any atom is 0.253 e. The van der Waals surface area contributed by atoms with Crippen LogP contribution in [-0.2, 0) is 14.3 Å². The second kappa shape index (κ2) is 13.9. The molecular formula is C23H37NO9. The van der Waals surface area contributed by atoms with E-state index in [0.717, 1.165) is 19.3 Å². The van der Waals surface area contributed by atoms with Crippen molar-refractivity contribution >= 4 is 5.91 Å². The lowest BCUT2D eigenvalue weighted by atomic mass is 9.99. The normalized spacial score (nSPS) is 40.9. The number of carbonyl (C=O) groups is 1. The first-order valence-corrected chi connectivity index (χ1v) is 11.3. The first kappa shape index (κ1) is 27.6. The highest BCUT2D eigenvalue weighted by Crippen LogP contribution is 2.22. The van der Waals surface area contributed by atoms with Gasteiger partial charge in [-0.2, -0.15) is 0 Å². The highest BCUT2D eigenvalue weighted by molar-refractivity contribution is 5.82. The predicted octanol–water partition coefficient (Wildman–Crippen LogP) is -0.968. The molecule has 8 atom stereocenters. The van der Waals surface area contributed by atoms with Crippen LogP contribution < -0.4 is 5.32 Å². The monoisotopic (exact) mass is 471 g/mol. The summed E-state index contributed by atoms with van der Waals surface area (Å²) < 4.78 is 10.8. The summed E-state index contributed by atoms with van der Waals surface area (Å²) in [5.74, 6) is -0.732. The molecule has 2 rings (SSSR count). The summed E-state index contributed by atoms with van der Waals surface area (Å²) in [5.41, 5.74) is 1.26. The molecule has 33 heavy (non-hydrogen) atoms. The second-order valence-corrected chi connectivity index (χ2v) is 8.46. The van der Waals surface area contributed by atoms with E-state index in [9.17, 15) is 35.4 Å². The van der Waals surface area contributed by atoms with Gasteiger partial charge in [0.25, 0.3) is 5.91 Å². The van der Waals surface area contributed by atoms with Gasteiger partial charge in [-0.05, 0) is 39.0 Å². The van der Waals surface area contributed by atoms with E-state index in [4.69, 9.17) is 9.47 Å². The number of hydrogen-bond acceptors (Lipinski definition) is 9. The summed E-state index contributed by atoms with van der Waals surface area (Å²) >= 11 is 0. The quantitative estimate of drug-likeness (QED) is 0.255. The van der Waals surface area contributed by atoms with Gasteiger partial charge in [-0.3, -0.25) is 4.79 Å². The number of rotatable bonds is 4. The van der Waals surface area contributed by atoms with Gasteiger partial charge in [0.2, 0.25) is 0 Å². The number of ether oxygens (including phenoxy) is 2. The van der Waals surface area contributed by atoms with Crippen LogP contribution in [0.5, 0.6) is 0 Å². The highest BCUT2D eigenvalue weighted by Gasteiger charge is 2.44. The smallest absolute Gasteiger partial charge is 0.253 e. The predicted molar refractivity (Wildman–Crippen MR) is 119 cm³/mol.